The van der Waals surface area contributed by atoms with E-state index in [2.05, 4.69) is 15.2 Å². The van der Waals surface area contributed by atoms with Gasteiger partial charge in [0, 0.05) is 16.3 Å². The number of fused-ring (bicyclic) bond motifs is 1. The molecule has 0 aliphatic carbocycles. The first-order chi connectivity index (χ1) is 12.2. The number of ether oxygens (including phenoxy) is 1. The number of nitrogens with zero attached hydrogens (tertiary/aromatic N) is 2. The number of halogens is 1. The van der Waals surface area contributed by atoms with E-state index in [1.807, 2.05) is 29.6 Å². The van der Waals surface area contributed by atoms with Crippen molar-refractivity contribution in [1.82, 2.24) is 15.2 Å². The van der Waals surface area contributed by atoms with E-state index in [0.29, 0.717) is 16.3 Å². The second-order valence-corrected chi connectivity index (χ2v) is 6.64. The number of rotatable bonds is 4. The normalized spacial score (nSPS) is 10.9. The third-order valence-electron chi connectivity index (χ3n) is 3.68. The van der Waals surface area contributed by atoms with Gasteiger partial charge in [0.1, 0.15) is 11.6 Å². The van der Waals surface area contributed by atoms with Crippen LogP contribution in [0.5, 0.6) is 0 Å². The van der Waals surface area contributed by atoms with Crippen molar-refractivity contribution >= 4 is 39.8 Å². The van der Waals surface area contributed by atoms with Crippen LogP contribution >= 0.6 is 22.9 Å². The number of carbonyl (C=O) groups is 1. The molecule has 0 bridgehead atoms. The van der Waals surface area contributed by atoms with E-state index in [-0.39, 0.29) is 6.61 Å². The summed E-state index contributed by atoms with van der Waals surface area (Å²) >= 11 is 7.66. The van der Waals surface area contributed by atoms with Crippen molar-refractivity contribution in [2.75, 3.05) is 0 Å². The standard InChI is InChI=1S/C18H12ClN3O2S/c19-15-4-2-1-3-14(15)17-21-13(10-25-17)9-24-18(23)11-5-6-16-12(7-11)8-20-22-16/h1-8,10H,9H2,(H,20,22). The van der Waals surface area contributed by atoms with Crippen molar-refractivity contribution in [1.29, 1.82) is 0 Å². The van der Waals surface area contributed by atoms with Gasteiger partial charge in [-0.1, -0.05) is 29.8 Å². The lowest BCUT2D eigenvalue weighted by molar-refractivity contribution is 0.0468. The number of hydrogen-bond acceptors (Lipinski definition) is 5. The fraction of sp³-hybridized carbons (Fsp3) is 0.0556. The van der Waals surface area contributed by atoms with Gasteiger partial charge in [-0.3, -0.25) is 5.10 Å². The van der Waals surface area contributed by atoms with E-state index < -0.39 is 5.97 Å². The minimum atomic E-state index is -0.393. The maximum absolute atomic E-state index is 12.2. The topological polar surface area (TPSA) is 67.9 Å². The van der Waals surface area contributed by atoms with Crippen molar-refractivity contribution < 1.29 is 9.53 Å². The predicted octanol–water partition coefficient (Wildman–Crippen LogP) is 4.70. The Bertz CT molecular complexity index is 1060. The first-order valence-electron chi connectivity index (χ1n) is 7.50. The van der Waals surface area contributed by atoms with Gasteiger partial charge in [-0.2, -0.15) is 5.10 Å². The molecule has 2 aromatic heterocycles. The van der Waals surface area contributed by atoms with Crippen LogP contribution in [0, 0.1) is 0 Å². The molecule has 5 nitrogen and oxygen atoms in total. The van der Waals surface area contributed by atoms with Crippen LogP contribution in [0.1, 0.15) is 16.1 Å². The van der Waals surface area contributed by atoms with Crippen LogP contribution in [-0.2, 0) is 11.3 Å². The Balaban J connectivity index is 1.46. The van der Waals surface area contributed by atoms with Gasteiger partial charge in [0.25, 0.3) is 0 Å². The number of hydrogen-bond donors (Lipinski definition) is 1. The summed E-state index contributed by atoms with van der Waals surface area (Å²) < 4.78 is 5.36. The van der Waals surface area contributed by atoms with E-state index in [1.54, 1.807) is 24.4 Å². The third-order valence-corrected chi connectivity index (χ3v) is 4.94. The molecule has 0 unspecified atom stereocenters. The molecule has 4 rings (SSSR count). The van der Waals surface area contributed by atoms with Crippen molar-refractivity contribution in [3.8, 4) is 10.6 Å². The van der Waals surface area contributed by atoms with E-state index in [4.69, 9.17) is 16.3 Å². The fourth-order valence-corrected chi connectivity index (χ4v) is 3.55. The van der Waals surface area contributed by atoms with Crippen molar-refractivity contribution in [3.63, 3.8) is 0 Å². The summed E-state index contributed by atoms with van der Waals surface area (Å²) in [6.07, 6.45) is 1.67. The number of benzene rings is 2. The molecule has 0 spiro atoms. The Kier molecular flexibility index (Phi) is 4.21. The first-order valence-corrected chi connectivity index (χ1v) is 8.76. The summed E-state index contributed by atoms with van der Waals surface area (Å²) in [4.78, 5) is 16.7. The number of esters is 1. The summed E-state index contributed by atoms with van der Waals surface area (Å²) in [5, 5.41) is 11.0. The highest BCUT2D eigenvalue weighted by molar-refractivity contribution is 7.13. The predicted molar refractivity (Wildman–Crippen MR) is 97.8 cm³/mol. The molecule has 0 amide bonds. The minimum Gasteiger partial charge on any atom is -0.456 e. The average molecular weight is 370 g/mol. The first kappa shape index (κ1) is 15.8. The molecule has 7 heteroatoms. The molecule has 0 fully saturated rings. The van der Waals surface area contributed by atoms with Crippen molar-refractivity contribution in [2.24, 2.45) is 0 Å². The van der Waals surface area contributed by atoms with Crippen LogP contribution in [0.2, 0.25) is 5.02 Å². The molecule has 0 aliphatic rings. The molecule has 124 valence electrons. The lowest BCUT2D eigenvalue weighted by atomic mass is 10.2. The monoisotopic (exact) mass is 369 g/mol. The Morgan fingerprint density at radius 1 is 1.24 bits per heavy atom. The highest BCUT2D eigenvalue weighted by atomic mass is 35.5. The second kappa shape index (κ2) is 6.66. The van der Waals surface area contributed by atoms with E-state index in [0.717, 1.165) is 21.5 Å². The minimum absolute atomic E-state index is 0.114. The molecule has 25 heavy (non-hydrogen) atoms. The number of nitrogens with one attached hydrogen (secondary N) is 1. The van der Waals surface area contributed by atoms with Gasteiger partial charge in [0.2, 0.25) is 0 Å². The van der Waals surface area contributed by atoms with Gasteiger partial charge in [-0.15, -0.1) is 11.3 Å². The summed E-state index contributed by atoms with van der Waals surface area (Å²) in [5.74, 6) is -0.393. The highest BCUT2D eigenvalue weighted by Gasteiger charge is 2.12. The lowest BCUT2D eigenvalue weighted by Crippen LogP contribution is -2.05. The maximum atomic E-state index is 12.2. The smallest absolute Gasteiger partial charge is 0.338 e. The Morgan fingerprint density at radius 2 is 2.12 bits per heavy atom. The molecule has 0 saturated heterocycles. The second-order valence-electron chi connectivity index (χ2n) is 5.37. The number of thiazole rings is 1. The molecule has 0 atom stereocenters. The number of aromatic nitrogens is 3. The van der Waals surface area contributed by atoms with Gasteiger partial charge < -0.3 is 4.74 Å². The van der Waals surface area contributed by atoms with Gasteiger partial charge >= 0.3 is 5.97 Å². The number of aromatic amines is 1. The van der Waals surface area contributed by atoms with Gasteiger partial charge in [-0.05, 0) is 24.3 Å². The van der Waals surface area contributed by atoms with E-state index in [1.165, 1.54) is 11.3 Å². The van der Waals surface area contributed by atoms with Crippen LogP contribution in [0.3, 0.4) is 0 Å². The van der Waals surface area contributed by atoms with Crippen LogP contribution < -0.4 is 0 Å². The molecule has 2 heterocycles. The summed E-state index contributed by atoms with van der Waals surface area (Å²) in [6.45, 7) is 0.114. The number of carbonyl (C=O) groups excluding carboxylic acids is 1. The molecule has 0 saturated carbocycles. The Morgan fingerprint density at radius 3 is 3.00 bits per heavy atom. The zero-order valence-electron chi connectivity index (χ0n) is 12.9. The Hall–Kier alpha value is -2.70. The lowest BCUT2D eigenvalue weighted by Gasteiger charge is -2.03. The van der Waals surface area contributed by atoms with Gasteiger partial charge in [-0.25, -0.2) is 9.78 Å². The molecular formula is C18H12ClN3O2S. The zero-order chi connectivity index (χ0) is 17.2. The largest absolute Gasteiger partial charge is 0.456 e. The zero-order valence-corrected chi connectivity index (χ0v) is 14.5. The van der Waals surface area contributed by atoms with Crippen LogP contribution in [-0.4, -0.2) is 21.2 Å². The van der Waals surface area contributed by atoms with Crippen LogP contribution in [0.15, 0.2) is 54.0 Å². The summed E-state index contributed by atoms with van der Waals surface area (Å²) in [7, 11) is 0. The van der Waals surface area contributed by atoms with Gasteiger partial charge in [0.15, 0.2) is 0 Å². The SMILES string of the molecule is O=C(OCc1csc(-c2ccccc2Cl)n1)c1ccc2[nH]ncc2c1. The summed E-state index contributed by atoms with van der Waals surface area (Å²) in [5.41, 5.74) is 2.92. The fourth-order valence-electron chi connectivity index (χ4n) is 2.42. The maximum Gasteiger partial charge on any atom is 0.338 e. The van der Waals surface area contributed by atoms with E-state index in [9.17, 15) is 4.79 Å². The highest BCUT2D eigenvalue weighted by Crippen LogP contribution is 2.30. The molecule has 1 N–H and O–H groups in total. The van der Waals surface area contributed by atoms with Crippen LogP contribution in [0.4, 0.5) is 0 Å². The Labute approximate surface area is 152 Å². The molecule has 0 radical (unpaired) electrons. The van der Waals surface area contributed by atoms with Crippen molar-refractivity contribution in [2.45, 2.75) is 6.61 Å². The molecule has 2 aromatic carbocycles. The van der Waals surface area contributed by atoms with Crippen molar-refractivity contribution in [3.05, 3.63) is 70.3 Å². The molecule has 4 aromatic rings. The van der Waals surface area contributed by atoms with Gasteiger partial charge in [0.05, 0.1) is 28.0 Å². The quantitative estimate of drug-likeness (QED) is 0.529. The third kappa shape index (κ3) is 3.26. The van der Waals surface area contributed by atoms with E-state index >= 15 is 0 Å². The van der Waals surface area contributed by atoms with Crippen LogP contribution in [0.25, 0.3) is 21.5 Å². The number of H-pyrrole nitrogens is 1. The average Bonchev–Trinajstić information content (AvgIpc) is 3.28. The molecule has 0 aliphatic heterocycles. The molecular weight excluding hydrogens is 358 g/mol. The summed E-state index contributed by atoms with van der Waals surface area (Å²) in [6, 6.07) is 12.8.